The van der Waals surface area contributed by atoms with Crippen molar-refractivity contribution in [2.24, 2.45) is 16.7 Å². The van der Waals surface area contributed by atoms with Crippen molar-refractivity contribution in [3.8, 4) is 0 Å². The van der Waals surface area contributed by atoms with Gasteiger partial charge >= 0.3 is 0 Å². The Morgan fingerprint density at radius 2 is 1.84 bits per heavy atom. The number of ether oxygens (including phenoxy) is 1. The molecule has 1 amide bonds. The van der Waals surface area contributed by atoms with Crippen LogP contribution in [0.4, 0.5) is 0 Å². The van der Waals surface area contributed by atoms with Crippen molar-refractivity contribution in [3.63, 3.8) is 0 Å². The summed E-state index contributed by atoms with van der Waals surface area (Å²) in [5.74, 6) is 1.62. The quantitative estimate of drug-likeness (QED) is 0.330. The number of carbonyl (C=O) groups excluding carboxylic acids is 1. The number of carbonyl (C=O) groups is 1. The average molecular weight is 371 g/mol. The summed E-state index contributed by atoms with van der Waals surface area (Å²) in [5.41, 5.74) is -0.935. The van der Waals surface area contributed by atoms with Crippen LogP contribution in [0.15, 0.2) is 0 Å². The summed E-state index contributed by atoms with van der Waals surface area (Å²) in [6.45, 7) is 8.59. The first-order valence-electron chi connectivity index (χ1n) is 9.82. The summed E-state index contributed by atoms with van der Waals surface area (Å²) in [5, 5.41) is 8.77. The molecule has 1 saturated carbocycles. The molecule has 0 saturated heterocycles. The van der Waals surface area contributed by atoms with E-state index in [0.717, 1.165) is 44.9 Å². The summed E-state index contributed by atoms with van der Waals surface area (Å²) in [6, 6.07) is 0. The van der Waals surface area contributed by atoms with Gasteiger partial charge in [-0.15, -0.1) is 0 Å². The molecule has 1 aliphatic rings. The second kappa shape index (κ2) is 9.29. The van der Waals surface area contributed by atoms with E-state index in [4.69, 9.17) is 10.1 Å². The lowest BCUT2D eigenvalue weighted by Gasteiger charge is -2.58. The molecular formula is C20H38N2O2S. The predicted octanol–water partition coefficient (Wildman–Crippen LogP) is 4.78. The molecule has 0 spiro atoms. The van der Waals surface area contributed by atoms with Gasteiger partial charge in [0, 0.05) is 19.8 Å². The van der Waals surface area contributed by atoms with Crippen molar-refractivity contribution in [1.82, 2.24) is 4.90 Å². The van der Waals surface area contributed by atoms with Crippen LogP contribution in [0.5, 0.6) is 0 Å². The Hall–Kier alpha value is -0.710. The van der Waals surface area contributed by atoms with E-state index in [1.165, 1.54) is 0 Å². The molecule has 0 aromatic rings. The molecule has 4 nitrogen and oxygen atoms in total. The summed E-state index contributed by atoms with van der Waals surface area (Å²) in [6.07, 6.45) is 6.21. The smallest absolute Gasteiger partial charge is 0.229 e. The zero-order valence-electron chi connectivity index (χ0n) is 17.0. The lowest BCUT2D eigenvalue weighted by molar-refractivity contribution is -0.161. The molecule has 146 valence electrons. The van der Waals surface area contributed by atoms with Gasteiger partial charge in [0.2, 0.25) is 5.91 Å². The Balaban J connectivity index is 3.06. The SMILES string of the molecule is CCCC1(C(=O)N(C)C)CCC1(CC)C(=N)OC(CS)CC(C)CC. The minimum absolute atomic E-state index is 0.0522. The minimum Gasteiger partial charge on any atom is -0.477 e. The lowest BCUT2D eigenvalue weighted by atomic mass is 9.46. The molecule has 1 N–H and O–H groups in total. The normalized spacial score (nSPS) is 28.0. The van der Waals surface area contributed by atoms with Crippen LogP contribution in [0.3, 0.4) is 0 Å². The number of amides is 1. The third kappa shape index (κ3) is 4.17. The van der Waals surface area contributed by atoms with Gasteiger partial charge < -0.3 is 9.64 Å². The van der Waals surface area contributed by atoms with Gasteiger partial charge in [0.1, 0.15) is 6.10 Å². The van der Waals surface area contributed by atoms with Crippen LogP contribution in [0, 0.1) is 22.2 Å². The third-order valence-corrected chi connectivity index (χ3v) is 6.68. The fourth-order valence-corrected chi connectivity index (χ4v) is 4.65. The second-order valence-corrected chi connectivity index (χ2v) is 8.33. The number of rotatable bonds is 10. The van der Waals surface area contributed by atoms with Crippen LogP contribution in [0.25, 0.3) is 0 Å². The first kappa shape index (κ1) is 22.3. The zero-order valence-corrected chi connectivity index (χ0v) is 17.9. The van der Waals surface area contributed by atoms with E-state index in [1.807, 2.05) is 14.1 Å². The molecule has 0 radical (unpaired) electrons. The van der Waals surface area contributed by atoms with E-state index in [1.54, 1.807) is 4.90 Å². The minimum atomic E-state index is -0.478. The van der Waals surface area contributed by atoms with Gasteiger partial charge in [0.05, 0.1) is 10.8 Å². The summed E-state index contributed by atoms with van der Waals surface area (Å²) in [7, 11) is 3.64. The van der Waals surface area contributed by atoms with Gasteiger partial charge in [-0.05, 0) is 38.0 Å². The molecular weight excluding hydrogens is 332 g/mol. The first-order valence-corrected chi connectivity index (χ1v) is 10.5. The fourth-order valence-electron chi connectivity index (χ4n) is 4.43. The maximum atomic E-state index is 13.1. The summed E-state index contributed by atoms with van der Waals surface area (Å²) in [4.78, 5) is 14.8. The number of nitrogens with one attached hydrogen (secondary N) is 1. The molecule has 1 fully saturated rings. The number of hydrogen-bond acceptors (Lipinski definition) is 4. The zero-order chi connectivity index (χ0) is 19.3. The number of nitrogens with zero attached hydrogens (tertiary/aromatic N) is 1. The summed E-state index contributed by atoms with van der Waals surface area (Å²) >= 11 is 4.44. The molecule has 0 aromatic carbocycles. The Labute approximate surface area is 160 Å². The topological polar surface area (TPSA) is 53.4 Å². The maximum Gasteiger partial charge on any atom is 0.229 e. The Kier molecular flexibility index (Phi) is 8.30. The molecule has 0 heterocycles. The van der Waals surface area contributed by atoms with Crippen LogP contribution < -0.4 is 0 Å². The molecule has 5 heteroatoms. The van der Waals surface area contributed by atoms with Crippen LogP contribution in [0.1, 0.15) is 72.6 Å². The van der Waals surface area contributed by atoms with E-state index in [-0.39, 0.29) is 12.0 Å². The number of hydrogen-bond donors (Lipinski definition) is 2. The van der Waals surface area contributed by atoms with Gasteiger partial charge in [-0.2, -0.15) is 12.6 Å². The largest absolute Gasteiger partial charge is 0.477 e. The summed E-state index contributed by atoms with van der Waals surface area (Å²) < 4.78 is 6.14. The molecule has 4 atom stereocenters. The molecule has 25 heavy (non-hydrogen) atoms. The molecule has 0 aromatic heterocycles. The highest BCUT2D eigenvalue weighted by Crippen LogP contribution is 2.63. The van der Waals surface area contributed by atoms with Crippen LogP contribution >= 0.6 is 12.6 Å². The second-order valence-electron chi connectivity index (χ2n) is 7.97. The van der Waals surface area contributed by atoms with Gasteiger partial charge in [-0.25, -0.2) is 0 Å². The third-order valence-electron chi connectivity index (χ3n) is 6.28. The van der Waals surface area contributed by atoms with Gasteiger partial charge in [0.15, 0.2) is 5.90 Å². The molecule has 0 aliphatic heterocycles. The molecule has 4 unspecified atom stereocenters. The fraction of sp³-hybridized carbons (Fsp3) is 0.900. The Bertz CT molecular complexity index is 465. The van der Waals surface area contributed by atoms with E-state index in [9.17, 15) is 4.79 Å². The Morgan fingerprint density at radius 3 is 2.20 bits per heavy atom. The Morgan fingerprint density at radius 1 is 1.24 bits per heavy atom. The van der Waals surface area contributed by atoms with Crippen LogP contribution in [-0.4, -0.2) is 42.7 Å². The van der Waals surface area contributed by atoms with Crippen molar-refractivity contribution < 1.29 is 9.53 Å². The van der Waals surface area contributed by atoms with Gasteiger partial charge in [-0.3, -0.25) is 10.2 Å². The van der Waals surface area contributed by atoms with E-state index < -0.39 is 10.8 Å². The maximum absolute atomic E-state index is 13.1. The highest BCUT2D eigenvalue weighted by atomic mass is 32.1. The molecule has 0 bridgehead atoms. The highest BCUT2D eigenvalue weighted by molar-refractivity contribution is 7.80. The van der Waals surface area contributed by atoms with Crippen molar-refractivity contribution >= 4 is 24.4 Å². The first-order chi connectivity index (χ1) is 11.7. The van der Waals surface area contributed by atoms with Crippen LogP contribution in [0.2, 0.25) is 0 Å². The molecule has 1 rings (SSSR count). The lowest BCUT2D eigenvalue weighted by Crippen LogP contribution is -2.63. The highest BCUT2D eigenvalue weighted by Gasteiger charge is 2.65. The van der Waals surface area contributed by atoms with Crippen molar-refractivity contribution in [1.29, 1.82) is 5.41 Å². The van der Waals surface area contributed by atoms with Crippen molar-refractivity contribution in [2.75, 3.05) is 19.8 Å². The van der Waals surface area contributed by atoms with Crippen molar-refractivity contribution in [2.45, 2.75) is 78.7 Å². The molecule has 1 aliphatic carbocycles. The van der Waals surface area contributed by atoms with E-state index in [0.29, 0.717) is 17.6 Å². The van der Waals surface area contributed by atoms with Crippen LogP contribution in [-0.2, 0) is 9.53 Å². The van der Waals surface area contributed by atoms with Gasteiger partial charge in [0.25, 0.3) is 0 Å². The van der Waals surface area contributed by atoms with E-state index in [2.05, 4.69) is 40.3 Å². The predicted molar refractivity (Wildman–Crippen MR) is 109 cm³/mol. The number of thiol groups is 1. The van der Waals surface area contributed by atoms with Crippen molar-refractivity contribution in [3.05, 3.63) is 0 Å². The monoisotopic (exact) mass is 370 g/mol. The van der Waals surface area contributed by atoms with Gasteiger partial charge in [-0.1, -0.05) is 40.5 Å². The standard InChI is InChI=1S/C20H38N2O2S/c1-7-10-20(18(23)22(5)6)12-11-19(20,9-3)17(21)24-16(14-25)13-15(4)8-2/h15-16,21,25H,7-14H2,1-6H3. The van der Waals surface area contributed by atoms with E-state index >= 15 is 0 Å². The average Bonchev–Trinajstić information content (AvgIpc) is 2.57.